The monoisotopic (exact) mass is 198 g/mol. The maximum absolute atomic E-state index is 9.98. The zero-order chi connectivity index (χ0) is 10.4. The van der Waals surface area contributed by atoms with Crippen LogP contribution in [0.3, 0.4) is 0 Å². The van der Waals surface area contributed by atoms with E-state index in [0.717, 1.165) is 12.8 Å². The Labute approximate surface area is 85.4 Å². The molecule has 0 aliphatic carbocycles. The summed E-state index contributed by atoms with van der Waals surface area (Å²) in [6.45, 7) is 1.31. The largest absolute Gasteiger partial charge is 0.390 e. The van der Waals surface area contributed by atoms with Gasteiger partial charge in [0.05, 0.1) is 11.7 Å². The first-order chi connectivity index (χ1) is 6.75. The van der Waals surface area contributed by atoms with Gasteiger partial charge in [-0.2, -0.15) is 0 Å². The number of terminal acetylenes is 1. The van der Waals surface area contributed by atoms with Crippen LogP contribution in [0.4, 0.5) is 0 Å². The molecule has 1 saturated heterocycles. The number of methoxy groups -OCH3 is 1. The highest BCUT2D eigenvalue weighted by Gasteiger charge is 2.39. The zero-order valence-corrected chi connectivity index (χ0v) is 8.66. The normalized spacial score (nSPS) is 22.6. The van der Waals surface area contributed by atoms with Gasteiger partial charge in [-0.25, -0.2) is 0 Å². The van der Waals surface area contributed by atoms with Gasteiger partial charge in [-0.3, -0.25) is 0 Å². The van der Waals surface area contributed by atoms with Crippen molar-refractivity contribution in [3.05, 3.63) is 0 Å². The quantitative estimate of drug-likeness (QED) is 0.684. The van der Waals surface area contributed by atoms with E-state index >= 15 is 0 Å². The molecule has 3 heteroatoms. The SMILES string of the molecule is C#CCCC(O)C1(OC)CCOCC1. The van der Waals surface area contributed by atoms with Gasteiger partial charge in [0.1, 0.15) is 0 Å². The van der Waals surface area contributed by atoms with Gasteiger partial charge in [-0.15, -0.1) is 12.3 Å². The van der Waals surface area contributed by atoms with Gasteiger partial charge in [0.25, 0.3) is 0 Å². The molecule has 0 spiro atoms. The Balaban J connectivity index is 2.53. The van der Waals surface area contributed by atoms with Crippen molar-refractivity contribution >= 4 is 0 Å². The molecule has 0 saturated carbocycles. The van der Waals surface area contributed by atoms with Crippen molar-refractivity contribution in [2.45, 2.75) is 37.4 Å². The summed E-state index contributed by atoms with van der Waals surface area (Å²) in [5.41, 5.74) is -0.435. The Morgan fingerprint density at radius 3 is 2.71 bits per heavy atom. The number of rotatable bonds is 4. The van der Waals surface area contributed by atoms with E-state index in [0.29, 0.717) is 26.1 Å². The minimum absolute atomic E-state index is 0.435. The van der Waals surface area contributed by atoms with E-state index in [9.17, 15) is 5.11 Å². The molecule has 80 valence electrons. The molecule has 3 nitrogen and oxygen atoms in total. The van der Waals surface area contributed by atoms with Crippen LogP contribution >= 0.6 is 0 Å². The Hall–Kier alpha value is -0.560. The average Bonchev–Trinajstić information content (AvgIpc) is 2.26. The van der Waals surface area contributed by atoms with E-state index in [2.05, 4.69) is 5.92 Å². The third-order valence-corrected chi connectivity index (χ3v) is 2.92. The summed E-state index contributed by atoms with van der Waals surface area (Å²) in [7, 11) is 1.64. The topological polar surface area (TPSA) is 38.7 Å². The van der Waals surface area contributed by atoms with E-state index in [1.165, 1.54) is 0 Å². The fourth-order valence-electron chi connectivity index (χ4n) is 1.87. The first kappa shape index (κ1) is 11.5. The molecule has 0 aromatic heterocycles. The first-order valence-electron chi connectivity index (χ1n) is 4.99. The van der Waals surface area contributed by atoms with Crippen molar-refractivity contribution in [2.24, 2.45) is 0 Å². The van der Waals surface area contributed by atoms with Crippen LogP contribution in [0.25, 0.3) is 0 Å². The molecular formula is C11H18O3. The average molecular weight is 198 g/mol. The molecule has 1 rings (SSSR count). The summed E-state index contributed by atoms with van der Waals surface area (Å²) < 4.78 is 10.7. The number of ether oxygens (including phenoxy) is 2. The van der Waals surface area contributed by atoms with E-state index in [1.54, 1.807) is 7.11 Å². The number of hydrogen-bond acceptors (Lipinski definition) is 3. The standard InChI is InChI=1S/C11H18O3/c1-3-4-5-10(12)11(13-2)6-8-14-9-7-11/h1,10,12H,4-9H2,2H3. The summed E-state index contributed by atoms with van der Waals surface area (Å²) in [6.07, 6.45) is 7.37. The molecule has 1 aliphatic rings. The van der Waals surface area contributed by atoms with Gasteiger partial charge in [0.15, 0.2) is 0 Å². The predicted octanol–water partition coefficient (Wildman–Crippen LogP) is 0.956. The summed E-state index contributed by atoms with van der Waals surface area (Å²) in [5.74, 6) is 2.53. The Bertz CT molecular complexity index is 201. The minimum atomic E-state index is -0.479. The third-order valence-electron chi connectivity index (χ3n) is 2.92. The summed E-state index contributed by atoms with van der Waals surface area (Å²) in [6, 6.07) is 0. The van der Waals surface area contributed by atoms with Crippen LogP contribution in [0.1, 0.15) is 25.7 Å². The Morgan fingerprint density at radius 2 is 2.21 bits per heavy atom. The molecule has 1 heterocycles. The molecule has 1 aliphatic heterocycles. The van der Waals surface area contributed by atoms with Gasteiger partial charge in [-0.05, 0) is 6.42 Å². The van der Waals surface area contributed by atoms with E-state index in [4.69, 9.17) is 15.9 Å². The summed E-state index contributed by atoms with van der Waals surface area (Å²) in [4.78, 5) is 0. The van der Waals surface area contributed by atoms with E-state index in [1.807, 2.05) is 0 Å². The number of aliphatic hydroxyl groups excluding tert-OH is 1. The summed E-state index contributed by atoms with van der Waals surface area (Å²) in [5, 5.41) is 9.98. The van der Waals surface area contributed by atoms with E-state index in [-0.39, 0.29) is 0 Å². The fourth-order valence-corrected chi connectivity index (χ4v) is 1.87. The highest BCUT2D eigenvalue weighted by molar-refractivity contribution is 4.93. The fraction of sp³-hybridized carbons (Fsp3) is 0.818. The van der Waals surface area contributed by atoms with Crippen molar-refractivity contribution in [1.29, 1.82) is 0 Å². The smallest absolute Gasteiger partial charge is 0.0980 e. The lowest BCUT2D eigenvalue weighted by Gasteiger charge is -2.39. The predicted molar refractivity (Wildman–Crippen MR) is 53.9 cm³/mol. The molecule has 1 fully saturated rings. The molecule has 1 unspecified atom stereocenters. The Kier molecular flexibility index (Phi) is 4.40. The van der Waals surface area contributed by atoms with Crippen LogP contribution < -0.4 is 0 Å². The molecule has 0 aromatic carbocycles. The lowest BCUT2D eigenvalue weighted by molar-refractivity contribution is -0.153. The summed E-state index contributed by atoms with van der Waals surface area (Å²) >= 11 is 0. The first-order valence-corrected chi connectivity index (χ1v) is 4.99. The lowest BCUT2D eigenvalue weighted by Crippen LogP contribution is -2.48. The van der Waals surface area contributed by atoms with Crippen molar-refractivity contribution in [1.82, 2.24) is 0 Å². The minimum Gasteiger partial charge on any atom is -0.390 e. The second kappa shape index (κ2) is 5.35. The molecule has 14 heavy (non-hydrogen) atoms. The number of aliphatic hydroxyl groups is 1. The number of hydrogen-bond donors (Lipinski definition) is 1. The molecular weight excluding hydrogens is 180 g/mol. The van der Waals surface area contributed by atoms with Crippen LogP contribution in [0, 0.1) is 12.3 Å². The van der Waals surface area contributed by atoms with Crippen LogP contribution in [-0.4, -0.2) is 37.1 Å². The van der Waals surface area contributed by atoms with Crippen LogP contribution in [0.5, 0.6) is 0 Å². The van der Waals surface area contributed by atoms with Crippen molar-refractivity contribution in [3.8, 4) is 12.3 Å². The molecule has 1 atom stereocenters. The van der Waals surface area contributed by atoms with Crippen LogP contribution in [-0.2, 0) is 9.47 Å². The highest BCUT2D eigenvalue weighted by Crippen LogP contribution is 2.30. The second-order valence-corrected chi connectivity index (χ2v) is 3.64. The maximum atomic E-state index is 9.98. The van der Waals surface area contributed by atoms with Crippen molar-refractivity contribution in [2.75, 3.05) is 20.3 Å². The van der Waals surface area contributed by atoms with Gasteiger partial charge in [-0.1, -0.05) is 0 Å². The Morgan fingerprint density at radius 1 is 1.57 bits per heavy atom. The van der Waals surface area contributed by atoms with Gasteiger partial charge in [0, 0.05) is 39.6 Å². The molecule has 0 aromatic rings. The van der Waals surface area contributed by atoms with E-state index < -0.39 is 11.7 Å². The molecule has 0 radical (unpaired) electrons. The van der Waals surface area contributed by atoms with Crippen LogP contribution in [0.15, 0.2) is 0 Å². The third kappa shape index (κ3) is 2.48. The van der Waals surface area contributed by atoms with Gasteiger partial charge >= 0.3 is 0 Å². The van der Waals surface area contributed by atoms with Gasteiger partial charge < -0.3 is 14.6 Å². The van der Waals surface area contributed by atoms with Crippen LogP contribution in [0.2, 0.25) is 0 Å². The lowest BCUT2D eigenvalue weighted by atomic mass is 9.85. The highest BCUT2D eigenvalue weighted by atomic mass is 16.5. The maximum Gasteiger partial charge on any atom is 0.0980 e. The van der Waals surface area contributed by atoms with Crippen molar-refractivity contribution in [3.63, 3.8) is 0 Å². The van der Waals surface area contributed by atoms with Crippen molar-refractivity contribution < 1.29 is 14.6 Å². The molecule has 0 bridgehead atoms. The van der Waals surface area contributed by atoms with Gasteiger partial charge in [0.2, 0.25) is 0 Å². The molecule has 0 amide bonds. The zero-order valence-electron chi connectivity index (χ0n) is 8.66. The second-order valence-electron chi connectivity index (χ2n) is 3.64. The molecule has 1 N–H and O–H groups in total.